The standard InChI is InChI=1S/C17H29NO/c1-5-12(2)18-14(19)17-8-13-6-15(3,10-17)9-16(4,7-13)11-17/h12-13H,5-11H2,1-4H3,(H,18,19). The molecule has 0 spiro atoms. The van der Waals surface area contributed by atoms with E-state index in [1.165, 1.54) is 19.3 Å². The van der Waals surface area contributed by atoms with Gasteiger partial charge in [0.1, 0.15) is 0 Å². The van der Waals surface area contributed by atoms with Crippen molar-refractivity contribution in [3.8, 4) is 0 Å². The predicted molar refractivity (Wildman–Crippen MR) is 77.7 cm³/mol. The van der Waals surface area contributed by atoms with Crippen LogP contribution in [-0.4, -0.2) is 11.9 Å². The number of carbonyl (C=O) groups is 1. The first kappa shape index (κ1) is 13.5. The van der Waals surface area contributed by atoms with E-state index in [1.54, 1.807) is 0 Å². The van der Waals surface area contributed by atoms with Gasteiger partial charge in [-0.2, -0.15) is 0 Å². The Morgan fingerprint density at radius 3 is 2.21 bits per heavy atom. The maximum Gasteiger partial charge on any atom is 0.226 e. The minimum absolute atomic E-state index is 0.0354. The van der Waals surface area contributed by atoms with Gasteiger partial charge in [-0.15, -0.1) is 0 Å². The molecule has 2 nitrogen and oxygen atoms in total. The highest BCUT2D eigenvalue weighted by atomic mass is 16.2. The van der Waals surface area contributed by atoms with Gasteiger partial charge in [0, 0.05) is 6.04 Å². The van der Waals surface area contributed by atoms with Gasteiger partial charge in [-0.3, -0.25) is 4.79 Å². The highest BCUT2D eigenvalue weighted by Crippen LogP contribution is 2.69. The molecule has 4 rings (SSSR count). The highest BCUT2D eigenvalue weighted by molar-refractivity contribution is 5.83. The van der Waals surface area contributed by atoms with Gasteiger partial charge < -0.3 is 5.32 Å². The average Bonchev–Trinajstić information content (AvgIpc) is 2.23. The summed E-state index contributed by atoms with van der Waals surface area (Å²) < 4.78 is 0. The summed E-state index contributed by atoms with van der Waals surface area (Å²) in [7, 11) is 0. The van der Waals surface area contributed by atoms with Gasteiger partial charge >= 0.3 is 0 Å². The fourth-order valence-electron chi connectivity index (χ4n) is 6.18. The lowest BCUT2D eigenvalue weighted by Crippen LogP contribution is -2.60. The maximum atomic E-state index is 12.8. The van der Waals surface area contributed by atoms with Crippen LogP contribution in [0.2, 0.25) is 0 Å². The maximum absolute atomic E-state index is 12.8. The van der Waals surface area contributed by atoms with Crippen LogP contribution in [0.5, 0.6) is 0 Å². The van der Waals surface area contributed by atoms with Crippen molar-refractivity contribution in [1.82, 2.24) is 5.32 Å². The normalized spacial score (nSPS) is 49.2. The number of nitrogens with one attached hydrogen (secondary N) is 1. The first-order chi connectivity index (χ1) is 8.78. The second kappa shape index (κ2) is 3.99. The molecule has 3 atom stereocenters. The lowest BCUT2D eigenvalue weighted by molar-refractivity contribution is -0.170. The smallest absolute Gasteiger partial charge is 0.226 e. The molecular weight excluding hydrogens is 234 g/mol. The summed E-state index contributed by atoms with van der Waals surface area (Å²) in [5.41, 5.74) is 0.828. The number of hydrogen-bond acceptors (Lipinski definition) is 1. The lowest BCUT2D eigenvalue weighted by Gasteiger charge is -2.64. The summed E-state index contributed by atoms with van der Waals surface area (Å²) >= 11 is 0. The van der Waals surface area contributed by atoms with Crippen LogP contribution in [0.25, 0.3) is 0 Å². The lowest BCUT2D eigenvalue weighted by atomic mass is 9.40. The van der Waals surface area contributed by atoms with Crippen molar-refractivity contribution < 1.29 is 4.79 Å². The van der Waals surface area contributed by atoms with E-state index in [0.29, 0.717) is 22.8 Å². The summed E-state index contributed by atoms with van der Waals surface area (Å²) in [6.45, 7) is 9.14. The second-order valence-corrected chi connectivity index (χ2v) is 8.69. The molecule has 108 valence electrons. The second-order valence-electron chi connectivity index (χ2n) is 8.69. The van der Waals surface area contributed by atoms with Gasteiger partial charge in [0.2, 0.25) is 5.91 Å². The Kier molecular flexibility index (Phi) is 2.82. The van der Waals surface area contributed by atoms with E-state index in [4.69, 9.17) is 0 Å². The molecule has 0 aromatic rings. The summed E-state index contributed by atoms with van der Waals surface area (Å²) in [4.78, 5) is 12.8. The molecule has 1 amide bonds. The topological polar surface area (TPSA) is 29.1 Å². The number of amides is 1. The molecule has 0 aliphatic heterocycles. The van der Waals surface area contributed by atoms with E-state index in [-0.39, 0.29) is 5.41 Å². The molecule has 3 unspecified atom stereocenters. The summed E-state index contributed by atoms with van der Waals surface area (Å²) in [5.74, 6) is 1.16. The Hall–Kier alpha value is -0.530. The Bertz CT molecular complexity index is 384. The van der Waals surface area contributed by atoms with Crippen LogP contribution in [0, 0.1) is 22.2 Å². The average molecular weight is 263 g/mol. The molecule has 4 fully saturated rings. The van der Waals surface area contributed by atoms with Crippen LogP contribution in [0.1, 0.15) is 72.6 Å². The summed E-state index contributed by atoms with van der Waals surface area (Å²) in [6.07, 6.45) is 8.51. The van der Waals surface area contributed by atoms with E-state index in [9.17, 15) is 4.79 Å². The fourth-order valence-corrected chi connectivity index (χ4v) is 6.18. The van der Waals surface area contributed by atoms with E-state index < -0.39 is 0 Å². The summed E-state index contributed by atoms with van der Waals surface area (Å²) in [5, 5.41) is 3.28. The van der Waals surface area contributed by atoms with Crippen LogP contribution in [0.3, 0.4) is 0 Å². The zero-order valence-corrected chi connectivity index (χ0v) is 13.0. The van der Waals surface area contributed by atoms with Gasteiger partial charge in [0.05, 0.1) is 5.41 Å². The van der Waals surface area contributed by atoms with Crippen molar-refractivity contribution in [3.63, 3.8) is 0 Å². The minimum Gasteiger partial charge on any atom is -0.353 e. The molecular formula is C17H29NO. The van der Waals surface area contributed by atoms with Crippen molar-refractivity contribution in [1.29, 1.82) is 0 Å². The van der Waals surface area contributed by atoms with Gasteiger partial charge in [0.15, 0.2) is 0 Å². The summed E-state index contributed by atoms with van der Waals surface area (Å²) in [6, 6.07) is 0.320. The zero-order valence-electron chi connectivity index (χ0n) is 13.0. The molecule has 0 radical (unpaired) electrons. The number of carbonyl (C=O) groups excluding carboxylic acids is 1. The molecule has 0 heterocycles. The largest absolute Gasteiger partial charge is 0.353 e. The van der Waals surface area contributed by atoms with Crippen LogP contribution < -0.4 is 5.32 Å². The first-order valence-corrected chi connectivity index (χ1v) is 8.09. The van der Waals surface area contributed by atoms with Crippen molar-refractivity contribution in [2.45, 2.75) is 78.7 Å². The van der Waals surface area contributed by atoms with Crippen molar-refractivity contribution >= 4 is 5.91 Å². The van der Waals surface area contributed by atoms with Gasteiger partial charge in [-0.05, 0) is 68.6 Å². The van der Waals surface area contributed by atoms with Crippen LogP contribution in [0.15, 0.2) is 0 Å². The Morgan fingerprint density at radius 2 is 1.74 bits per heavy atom. The molecule has 4 saturated carbocycles. The van der Waals surface area contributed by atoms with Crippen LogP contribution >= 0.6 is 0 Å². The van der Waals surface area contributed by atoms with Crippen molar-refractivity contribution in [2.24, 2.45) is 22.2 Å². The van der Waals surface area contributed by atoms with Gasteiger partial charge in [0.25, 0.3) is 0 Å². The van der Waals surface area contributed by atoms with E-state index in [1.807, 2.05) is 0 Å². The molecule has 1 N–H and O–H groups in total. The molecule has 0 saturated heterocycles. The number of rotatable bonds is 3. The molecule has 0 aromatic heterocycles. The molecule has 2 heteroatoms. The van der Waals surface area contributed by atoms with Gasteiger partial charge in [-0.25, -0.2) is 0 Å². The first-order valence-electron chi connectivity index (χ1n) is 8.09. The molecule has 4 aliphatic rings. The molecule has 4 aliphatic carbocycles. The van der Waals surface area contributed by atoms with Crippen LogP contribution in [-0.2, 0) is 4.79 Å². The molecule has 0 aromatic carbocycles. The van der Waals surface area contributed by atoms with Gasteiger partial charge in [-0.1, -0.05) is 20.8 Å². The van der Waals surface area contributed by atoms with Crippen molar-refractivity contribution in [2.75, 3.05) is 0 Å². The Morgan fingerprint density at radius 1 is 1.16 bits per heavy atom. The minimum atomic E-state index is -0.0354. The van der Waals surface area contributed by atoms with E-state index >= 15 is 0 Å². The van der Waals surface area contributed by atoms with Crippen LogP contribution in [0.4, 0.5) is 0 Å². The highest BCUT2D eigenvalue weighted by Gasteiger charge is 2.62. The third-order valence-corrected chi connectivity index (χ3v) is 6.10. The Labute approximate surface area is 117 Å². The van der Waals surface area contributed by atoms with Crippen molar-refractivity contribution in [3.05, 3.63) is 0 Å². The Balaban J connectivity index is 1.86. The number of hydrogen-bond donors (Lipinski definition) is 1. The zero-order chi connectivity index (χ0) is 13.9. The molecule has 19 heavy (non-hydrogen) atoms. The quantitative estimate of drug-likeness (QED) is 0.822. The monoisotopic (exact) mass is 263 g/mol. The third-order valence-electron chi connectivity index (χ3n) is 6.10. The predicted octanol–water partition coefficient (Wildman–Crippen LogP) is 3.90. The van der Waals surface area contributed by atoms with E-state index in [2.05, 4.69) is 33.0 Å². The SMILES string of the molecule is CCC(C)NC(=O)C12CC3CC(C)(CC(C)(C3)C1)C2. The fraction of sp³-hybridized carbons (Fsp3) is 0.941. The molecule has 4 bridgehead atoms. The third kappa shape index (κ3) is 2.11. The van der Waals surface area contributed by atoms with E-state index in [0.717, 1.165) is 31.6 Å².